The molecule has 4 rings (SSSR count). The van der Waals surface area contributed by atoms with E-state index < -0.39 is 0 Å². The van der Waals surface area contributed by atoms with Crippen molar-refractivity contribution in [2.75, 3.05) is 6.54 Å². The lowest BCUT2D eigenvalue weighted by Gasteiger charge is -2.32. The van der Waals surface area contributed by atoms with Crippen molar-refractivity contribution in [2.24, 2.45) is 5.92 Å². The van der Waals surface area contributed by atoms with Gasteiger partial charge in [-0.05, 0) is 48.6 Å². The van der Waals surface area contributed by atoms with Gasteiger partial charge in [-0.15, -0.1) is 0 Å². The van der Waals surface area contributed by atoms with E-state index in [0.717, 1.165) is 24.1 Å². The van der Waals surface area contributed by atoms with Crippen LogP contribution in [0.1, 0.15) is 37.7 Å². The van der Waals surface area contributed by atoms with Crippen LogP contribution >= 0.6 is 0 Å². The Morgan fingerprint density at radius 3 is 2.81 bits per heavy atom. The van der Waals surface area contributed by atoms with Gasteiger partial charge in [-0.1, -0.05) is 43.2 Å². The summed E-state index contributed by atoms with van der Waals surface area (Å²) in [4.78, 5) is 2.62. The summed E-state index contributed by atoms with van der Waals surface area (Å²) < 4.78 is 0. The Balaban J connectivity index is 1.66. The number of aromatic hydroxyl groups is 1. The van der Waals surface area contributed by atoms with Crippen LogP contribution in [0.25, 0.3) is 10.8 Å². The van der Waals surface area contributed by atoms with Gasteiger partial charge in [-0.2, -0.15) is 0 Å². The number of fused-ring (bicyclic) bond motifs is 2. The molecule has 0 spiro atoms. The molecule has 2 fully saturated rings. The minimum absolute atomic E-state index is 0.452. The molecule has 2 heteroatoms. The minimum Gasteiger partial charge on any atom is -0.508 e. The van der Waals surface area contributed by atoms with Crippen LogP contribution in [-0.2, 0) is 6.54 Å². The lowest BCUT2D eigenvalue weighted by atomic mass is 9.85. The molecule has 2 aromatic carbocycles. The van der Waals surface area contributed by atoms with Crippen LogP contribution in [-0.4, -0.2) is 22.6 Å². The number of likely N-dealkylation sites (tertiary alicyclic amines) is 1. The van der Waals surface area contributed by atoms with Crippen LogP contribution in [0.15, 0.2) is 36.4 Å². The molecule has 1 saturated carbocycles. The van der Waals surface area contributed by atoms with E-state index in [-0.39, 0.29) is 0 Å². The molecule has 1 saturated heterocycles. The van der Waals surface area contributed by atoms with E-state index in [9.17, 15) is 5.11 Å². The third-order valence-electron chi connectivity index (χ3n) is 5.50. The molecule has 1 heterocycles. The zero-order valence-corrected chi connectivity index (χ0v) is 12.5. The molecule has 2 nitrogen and oxygen atoms in total. The Hall–Kier alpha value is -1.54. The van der Waals surface area contributed by atoms with E-state index in [1.54, 1.807) is 0 Å². The number of hydrogen-bond donors (Lipinski definition) is 1. The summed E-state index contributed by atoms with van der Waals surface area (Å²) in [5.74, 6) is 1.35. The number of phenols is 1. The molecule has 0 amide bonds. The van der Waals surface area contributed by atoms with E-state index in [2.05, 4.69) is 29.2 Å². The molecule has 1 N–H and O–H groups in total. The average Bonchev–Trinajstić information content (AvgIpc) is 2.93. The van der Waals surface area contributed by atoms with E-state index in [1.807, 2.05) is 12.1 Å². The van der Waals surface area contributed by atoms with Gasteiger partial charge < -0.3 is 5.11 Å². The lowest BCUT2D eigenvalue weighted by molar-refractivity contribution is 0.175. The van der Waals surface area contributed by atoms with E-state index >= 15 is 0 Å². The standard InChI is InChI=1S/C19H23NO/c21-19-10-9-14-5-1-3-7-16(14)17(19)13-20-12-11-15-6-2-4-8-18(15)20/h1,3,5,7,9-10,15,18,21H,2,4,6,8,11-13H2. The van der Waals surface area contributed by atoms with Gasteiger partial charge >= 0.3 is 0 Å². The summed E-state index contributed by atoms with van der Waals surface area (Å²) in [7, 11) is 0. The Labute approximate surface area is 126 Å². The van der Waals surface area contributed by atoms with Gasteiger partial charge in [0.2, 0.25) is 0 Å². The van der Waals surface area contributed by atoms with Crippen LogP contribution in [0.2, 0.25) is 0 Å². The van der Waals surface area contributed by atoms with Crippen LogP contribution < -0.4 is 0 Å². The molecule has 110 valence electrons. The molecule has 0 bridgehead atoms. The van der Waals surface area contributed by atoms with E-state index in [0.29, 0.717) is 5.75 Å². The fraction of sp³-hybridized carbons (Fsp3) is 0.474. The first-order valence-corrected chi connectivity index (χ1v) is 8.26. The van der Waals surface area contributed by atoms with Crippen molar-refractivity contribution in [3.8, 4) is 5.75 Å². The van der Waals surface area contributed by atoms with Gasteiger partial charge in [-0.25, -0.2) is 0 Å². The second kappa shape index (κ2) is 5.34. The number of phenolic OH excluding ortho intramolecular Hbond substituents is 1. The summed E-state index contributed by atoms with van der Waals surface area (Å²) in [6.07, 6.45) is 6.88. The van der Waals surface area contributed by atoms with Crippen LogP contribution in [0.4, 0.5) is 0 Å². The van der Waals surface area contributed by atoms with Crippen molar-refractivity contribution in [1.82, 2.24) is 4.90 Å². The maximum atomic E-state index is 10.3. The molecule has 0 radical (unpaired) electrons. The number of benzene rings is 2. The fourth-order valence-electron chi connectivity index (χ4n) is 4.39. The predicted molar refractivity (Wildman–Crippen MR) is 86.4 cm³/mol. The molecule has 2 aliphatic rings. The van der Waals surface area contributed by atoms with Gasteiger partial charge in [0.25, 0.3) is 0 Å². The number of nitrogens with zero attached hydrogens (tertiary/aromatic N) is 1. The molecular weight excluding hydrogens is 258 g/mol. The monoisotopic (exact) mass is 281 g/mol. The van der Waals surface area contributed by atoms with Gasteiger partial charge in [0, 0.05) is 18.2 Å². The normalized spacial score (nSPS) is 26.1. The Kier molecular flexibility index (Phi) is 3.34. The molecular formula is C19H23NO. The third-order valence-corrected chi connectivity index (χ3v) is 5.50. The topological polar surface area (TPSA) is 23.5 Å². The van der Waals surface area contributed by atoms with Crippen LogP contribution in [0.3, 0.4) is 0 Å². The fourth-order valence-corrected chi connectivity index (χ4v) is 4.39. The van der Waals surface area contributed by atoms with E-state index in [4.69, 9.17) is 0 Å². The molecule has 0 aromatic heterocycles. The lowest BCUT2D eigenvalue weighted by Crippen LogP contribution is -2.34. The second-order valence-corrected chi connectivity index (χ2v) is 6.66. The highest BCUT2D eigenvalue weighted by atomic mass is 16.3. The maximum Gasteiger partial charge on any atom is 0.120 e. The quantitative estimate of drug-likeness (QED) is 0.886. The second-order valence-electron chi connectivity index (χ2n) is 6.66. The summed E-state index contributed by atoms with van der Waals surface area (Å²) in [5.41, 5.74) is 1.11. The molecule has 1 aliphatic carbocycles. The van der Waals surface area contributed by atoms with Crippen LogP contribution in [0, 0.1) is 5.92 Å². The highest BCUT2D eigenvalue weighted by molar-refractivity contribution is 5.87. The highest BCUT2D eigenvalue weighted by Gasteiger charge is 2.35. The zero-order chi connectivity index (χ0) is 14.2. The van der Waals surface area contributed by atoms with Crippen molar-refractivity contribution in [1.29, 1.82) is 0 Å². The number of rotatable bonds is 2. The maximum absolute atomic E-state index is 10.3. The summed E-state index contributed by atoms with van der Waals surface area (Å²) in [6.45, 7) is 2.09. The Bertz CT molecular complexity index is 651. The first kappa shape index (κ1) is 13.1. The summed E-state index contributed by atoms with van der Waals surface area (Å²) in [5, 5.41) is 12.8. The Morgan fingerprint density at radius 1 is 1.00 bits per heavy atom. The molecule has 2 unspecified atom stereocenters. The van der Waals surface area contributed by atoms with Gasteiger partial charge in [0.1, 0.15) is 5.75 Å². The van der Waals surface area contributed by atoms with Crippen molar-refractivity contribution in [3.05, 3.63) is 42.0 Å². The van der Waals surface area contributed by atoms with Crippen LogP contribution in [0.5, 0.6) is 5.75 Å². The SMILES string of the molecule is Oc1ccc2ccccc2c1CN1CCC2CCCCC21. The zero-order valence-electron chi connectivity index (χ0n) is 12.5. The van der Waals surface area contributed by atoms with Crippen molar-refractivity contribution >= 4 is 10.8 Å². The molecule has 1 aliphatic heterocycles. The summed E-state index contributed by atoms with van der Waals surface area (Å²) >= 11 is 0. The third kappa shape index (κ3) is 2.32. The van der Waals surface area contributed by atoms with Crippen molar-refractivity contribution < 1.29 is 5.11 Å². The average molecular weight is 281 g/mol. The largest absolute Gasteiger partial charge is 0.508 e. The van der Waals surface area contributed by atoms with Crippen molar-refractivity contribution in [3.63, 3.8) is 0 Å². The molecule has 2 atom stereocenters. The molecule has 2 aromatic rings. The van der Waals surface area contributed by atoms with Gasteiger partial charge in [0.15, 0.2) is 0 Å². The Morgan fingerprint density at radius 2 is 1.86 bits per heavy atom. The summed E-state index contributed by atoms with van der Waals surface area (Å²) in [6, 6.07) is 13.0. The van der Waals surface area contributed by atoms with E-state index in [1.165, 1.54) is 49.4 Å². The highest BCUT2D eigenvalue weighted by Crippen LogP contribution is 2.38. The smallest absolute Gasteiger partial charge is 0.120 e. The number of hydrogen-bond acceptors (Lipinski definition) is 2. The molecule has 21 heavy (non-hydrogen) atoms. The van der Waals surface area contributed by atoms with Gasteiger partial charge in [0.05, 0.1) is 0 Å². The van der Waals surface area contributed by atoms with Crippen molar-refractivity contribution in [2.45, 2.75) is 44.7 Å². The minimum atomic E-state index is 0.452. The van der Waals surface area contributed by atoms with Gasteiger partial charge in [-0.3, -0.25) is 4.90 Å². The first-order chi connectivity index (χ1) is 10.3. The first-order valence-electron chi connectivity index (χ1n) is 8.26. The predicted octanol–water partition coefficient (Wildman–Crippen LogP) is 4.31.